The zero-order valence-corrected chi connectivity index (χ0v) is 13.2. The van der Waals surface area contributed by atoms with Crippen LogP contribution in [-0.4, -0.2) is 18.0 Å². The largest absolute Gasteiger partial charge is 0.449 e. The van der Waals surface area contributed by atoms with Gasteiger partial charge in [-0.05, 0) is 37.3 Å². The first-order chi connectivity index (χ1) is 10.5. The molecule has 2 aromatic rings. The molecule has 0 aliphatic rings. The topological polar surface area (TPSA) is 55.4 Å². The van der Waals surface area contributed by atoms with E-state index in [1.165, 1.54) is 13.0 Å². The van der Waals surface area contributed by atoms with Crippen LogP contribution in [0.1, 0.15) is 17.3 Å². The number of carbonyl (C=O) groups is 2. The third kappa shape index (κ3) is 4.23. The van der Waals surface area contributed by atoms with Gasteiger partial charge in [-0.2, -0.15) is 0 Å². The van der Waals surface area contributed by atoms with Crippen molar-refractivity contribution in [3.8, 4) is 0 Å². The van der Waals surface area contributed by atoms with Gasteiger partial charge in [-0.25, -0.2) is 4.79 Å². The summed E-state index contributed by atoms with van der Waals surface area (Å²) in [5.41, 5.74) is 0.740. The summed E-state index contributed by atoms with van der Waals surface area (Å²) in [5, 5.41) is 3.39. The van der Waals surface area contributed by atoms with Crippen molar-refractivity contribution in [1.82, 2.24) is 0 Å². The number of halogens is 2. The van der Waals surface area contributed by atoms with E-state index in [9.17, 15) is 9.59 Å². The van der Waals surface area contributed by atoms with Crippen molar-refractivity contribution in [3.05, 3.63) is 64.1 Å². The Balaban J connectivity index is 1.99. The van der Waals surface area contributed by atoms with Crippen molar-refractivity contribution in [2.75, 3.05) is 5.32 Å². The lowest BCUT2D eigenvalue weighted by Gasteiger charge is -2.14. The second kappa shape index (κ2) is 7.29. The lowest BCUT2D eigenvalue weighted by Crippen LogP contribution is -2.30. The highest BCUT2D eigenvalue weighted by Crippen LogP contribution is 2.18. The average molecular weight is 338 g/mol. The van der Waals surface area contributed by atoms with Crippen LogP contribution in [0.15, 0.2) is 48.5 Å². The van der Waals surface area contributed by atoms with E-state index in [1.54, 1.807) is 42.5 Å². The SMILES string of the molecule is C[C@@H](OC(=O)c1ccccc1Cl)C(=O)Nc1cccc(Cl)c1. The lowest BCUT2D eigenvalue weighted by atomic mass is 10.2. The van der Waals surface area contributed by atoms with E-state index >= 15 is 0 Å². The van der Waals surface area contributed by atoms with E-state index in [4.69, 9.17) is 27.9 Å². The molecule has 0 unspecified atom stereocenters. The van der Waals surface area contributed by atoms with Crippen LogP contribution < -0.4 is 5.32 Å². The Morgan fingerprint density at radius 3 is 2.50 bits per heavy atom. The highest BCUT2D eigenvalue weighted by molar-refractivity contribution is 6.33. The minimum absolute atomic E-state index is 0.214. The number of anilines is 1. The van der Waals surface area contributed by atoms with Crippen LogP contribution in [0.25, 0.3) is 0 Å². The van der Waals surface area contributed by atoms with Gasteiger partial charge in [0.25, 0.3) is 5.91 Å². The summed E-state index contributed by atoms with van der Waals surface area (Å²) in [6, 6.07) is 13.2. The zero-order chi connectivity index (χ0) is 16.1. The second-order valence-corrected chi connectivity index (χ2v) is 5.37. The maximum Gasteiger partial charge on any atom is 0.340 e. The number of carbonyl (C=O) groups excluding carboxylic acids is 2. The summed E-state index contributed by atoms with van der Waals surface area (Å²) in [5.74, 6) is -1.11. The smallest absolute Gasteiger partial charge is 0.340 e. The van der Waals surface area contributed by atoms with E-state index in [2.05, 4.69) is 5.32 Å². The summed E-state index contributed by atoms with van der Waals surface area (Å²) in [6.07, 6.45) is -0.970. The minimum atomic E-state index is -0.970. The molecule has 0 heterocycles. The molecule has 0 bridgehead atoms. The number of ether oxygens (including phenoxy) is 1. The molecule has 0 spiro atoms. The Bertz CT molecular complexity index is 703. The first-order valence-corrected chi connectivity index (χ1v) is 7.25. The van der Waals surface area contributed by atoms with Gasteiger partial charge in [-0.15, -0.1) is 0 Å². The van der Waals surface area contributed by atoms with Crippen LogP contribution in [0.3, 0.4) is 0 Å². The molecule has 22 heavy (non-hydrogen) atoms. The molecule has 0 radical (unpaired) electrons. The van der Waals surface area contributed by atoms with Crippen molar-refractivity contribution in [1.29, 1.82) is 0 Å². The Hall–Kier alpha value is -2.04. The standard InChI is InChI=1S/C16H13Cl2NO3/c1-10(15(20)19-12-6-4-5-11(17)9-12)22-16(21)13-7-2-3-8-14(13)18/h2-10H,1H3,(H,19,20)/t10-/m1/s1. The maximum atomic E-state index is 12.0. The molecule has 114 valence electrons. The van der Waals surface area contributed by atoms with Gasteiger partial charge in [-0.3, -0.25) is 4.79 Å². The molecule has 0 saturated carbocycles. The summed E-state index contributed by atoms with van der Waals surface area (Å²) >= 11 is 11.8. The number of amides is 1. The molecule has 0 aromatic heterocycles. The fourth-order valence-electron chi connectivity index (χ4n) is 1.71. The predicted octanol–water partition coefficient (Wildman–Crippen LogP) is 4.18. The summed E-state index contributed by atoms with van der Waals surface area (Å²) < 4.78 is 5.11. The van der Waals surface area contributed by atoms with E-state index in [0.717, 1.165) is 0 Å². The molecule has 0 aliphatic heterocycles. The maximum absolute atomic E-state index is 12.0. The van der Waals surface area contributed by atoms with Crippen molar-refractivity contribution in [2.45, 2.75) is 13.0 Å². The van der Waals surface area contributed by atoms with Gasteiger partial charge in [0.2, 0.25) is 0 Å². The van der Waals surface area contributed by atoms with Crippen molar-refractivity contribution >= 4 is 40.8 Å². The third-order valence-corrected chi connectivity index (χ3v) is 3.40. The van der Waals surface area contributed by atoms with E-state index in [-0.39, 0.29) is 10.6 Å². The molecule has 0 aliphatic carbocycles. The number of esters is 1. The first-order valence-electron chi connectivity index (χ1n) is 6.49. The van der Waals surface area contributed by atoms with Crippen LogP contribution >= 0.6 is 23.2 Å². The molecule has 1 amide bonds. The normalized spacial score (nSPS) is 11.6. The highest BCUT2D eigenvalue weighted by Gasteiger charge is 2.20. The monoisotopic (exact) mass is 337 g/mol. The molecule has 0 saturated heterocycles. The summed E-state index contributed by atoms with van der Waals surface area (Å²) in [4.78, 5) is 24.0. The Morgan fingerprint density at radius 2 is 1.82 bits per heavy atom. The molecule has 2 rings (SSSR count). The van der Waals surface area contributed by atoms with Crippen molar-refractivity contribution in [3.63, 3.8) is 0 Å². The molecule has 0 fully saturated rings. The molecule has 6 heteroatoms. The molecule has 1 atom stereocenters. The van der Waals surface area contributed by atoms with Gasteiger partial charge in [0, 0.05) is 10.7 Å². The number of benzene rings is 2. The molecule has 4 nitrogen and oxygen atoms in total. The van der Waals surface area contributed by atoms with Crippen molar-refractivity contribution in [2.24, 2.45) is 0 Å². The van der Waals surface area contributed by atoms with Crippen LogP contribution in [-0.2, 0) is 9.53 Å². The molecule has 2 aromatic carbocycles. The van der Waals surface area contributed by atoms with E-state index < -0.39 is 18.0 Å². The Kier molecular flexibility index (Phi) is 5.41. The van der Waals surface area contributed by atoms with Gasteiger partial charge >= 0.3 is 5.97 Å². The van der Waals surface area contributed by atoms with Crippen LogP contribution in [0.5, 0.6) is 0 Å². The van der Waals surface area contributed by atoms with Gasteiger partial charge in [-0.1, -0.05) is 41.4 Å². The average Bonchev–Trinajstić information content (AvgIpc) is 2.47. The summed E-state index contributed by atoms with van der Waals surface area (Å²) in [6.45, 7) is 1.48. The van der Waals surface area contributed by atoms with Crippen LogP contribution in [0.4, 0.5) is 5.69 Å². The fraction of sp³-hybridized carbons (Fsp3) is 0.125. The Labute approximate surface area is 138 Å². The summed E-state index contributed by atoms with van der Waals surface area (Å²) in [7, 11) is 0. The molecular weight excluding hydrogens is 325 g/mol. The Morgan fingerprint density at radius 1 is 1.09 bits per heavy atom. The third-order valence-electron chi connectivity index (χ3n) is 2.84. The predicted molar refractivity (Wildman–Crippen MR) is 86.4 cm³/mol. The zero-order valence-electron chi connectivity index (χ0n) is 11.7. The quantitative estimate of drug-likeness (QED) is 0.851. The van der Waals surface area contributed by atoms with E-state index in [0.29, 0.717) is 10.7 Å². The van der Waals surface area contributed by atoms with Gasteiger partial charge in [0.05, 0.1) is 10.6 Å². The van der Waals surface area contributed by atoms with Gasteiger partial charge < -0.3 is 10.1 Å². The number of hydrogen-bond donors (Lipinski definition) is 1. The van der Waals surface area contributed by atoms with Crippen LogP contribution in [0, 0.1) is 0 Å². The molecule has 1 N–H and O–H groups in total. The van der Waals surface area contributed by atoms with Crippen LogP contribution in [0.2, 0.25) is 10.0 Å². The molecular formula is C16H13Cl2NO3. The minimum Gasteiger partial charge on any atom is -0.449 e. The van der Waals surface area contributed by atoms with E-state index in [1.807, 2.05) is 0 Å². The first kappa shape index (κ1) is 16.3. The fourth-order valence-corrected chi connectivity index (χ4v) is 2.12. The van der Waals surface area contributed by atoms with Gasteiger partial charge in [0.15, 0.2) is 6.10 Å². The second-order valence-electron chi connectivity index (χ2n) is 4.53. The number of hydrogen-bond acceptors (Lipinski definition) is 3. The number of nitrogens with one attached hydrogen (secondary N) is 1. The van der Waals surface area contributed by atoms with Gasteiger partial charge in [0.1, 0.15) is 0 Å². The lowest BCUT2D eigenvalue weighted by molar-refractivity contribution is -0.123. The number of rotatable bonds is 4. The highest BCUT2D eigenvalue weighted by atomic mass is 35.5. The van der Waals surface area contributed by atoms with Crippen molar-refractivity contribution < 1.29 is 14.3 Å².